The van der Waals surface area contributed by atoms with E-state index in [0.29, 0.717) is 12.2 Å². The normalized spacial score (nSPS) is 11.5. The zero-order chi connectivity index (χ0) is 15.7. The molecule has 7 nitrogen and oxygen atoms in total. The van der Waals surface area contributed by atoms with Gasteiger partial charge >= 0.3 is 0 Å². The Bertz CT molecular complexity index is 563. The lowest BCUT2D eigenvalue weighted by Gasteiger charge is -2.07. The molecule has 0 radical (unpaired) electrons. The molecule has 2 N–H and O–H groups in total. The van der Waals surface area contributed by atoms with Gasteiger partial charge in [0.1, 0.15) is 0 Å². The number of nitrogens with one attached hydrogen (secondary N) is 1. The van der Waals surface area contributed by atoms with Crippen molar-refractivity contribution in [1.82, 2.24) is 4.72 Å². The standard InChI is InChI=1S/C12H18N2O5S2/c15-7-3-8-20-9-6-13-21(18,19)10-11-4-1-2-5-12(11)14(16)17/h1-2,4-5,13,15H,3,6-10H2. The molecular weight excluding hydrogens is 316 g/mol. The number of benzene rings is 1. The first-order valence-corrected chi connectivity index (χ1v) is 9.15. The molecule has 0 unspecified atom stereocenters. The third-order valence-corrected chi connectivity index (χ3v) is 4.95. The van der Waals surface area contributed by atoms with Crippen LogP contribution in [0, 0.1) is 10.1 Å². The summed E-state index contributed by atoms with van der Waals surface area (Å²) in [4.78, 5) is 10.2. The maximum absolute atomic E-state index is 11.9. The Morgan fingerprint density at radius 1 is 1.29 bits per heavy atom. The highest BCUT2D eigenvalue weighted by Gasteiger charge is 2.19. The van der Waals surface area contributed by atoms with Crippen molar-refractivity contribution < 1.29 is 18.4 Å². The van der Waals surface area contributed by atoms with Gasteiger partial charge in [-0.05, 0) is 12.2 Å². The Morgan fingerprint density at radius 3 is 2.67 bits per heavy atom. The third kappa shape index (κ3) is 6.89. The molecule has 0 aromatic heterocycles. The van der Waals surface area contributed by atoms with Gasteiger partial charge in [-0.2, -0.15) is 11.8 Å². The molecule has 0 aliphatic carbocycles. The number of nitrogens with zero attached hydrogens (tertiary/aromatic N) is 1. The third-order valence-electron chi connectivity index (χ3n) is 2.55. The van der Waals surface area contributed by atoms with E-state index < -0.39 is 20.7 Å². The maximum atomic E-state index is 11.9. The van der Waals surface area contributed by atoms with Crippen LogP contribution in [0.25, 0.3) is 0 Å². The number of thioether (sulfide) groups is 1. The van der Waals surface area contributed by atoms with Gasteiger partial charge in [-0.25, -0.2) is 13.1 Å². The summed E-state index contributed by atoms with van der Waals surface area (Å²) < 4.78 is 26.2. The fourth-order valence-electron chi connectivity index (χ4n) is 1.60. The van der Waals surface area contributed by atoms with Gasteiger partial charge in [0.15, 0.2) is 0 Å². The van der Waals surface area contributed by atoms with Crippen LogP contribution in [0.4, 0.5) is 5.69 Å². The second-order valence-corrected chi connectivity index (χ2v) is 7.26. The molecule has 0 fully saturated rings. The monoisotopic (exact) mass is 334 g/mol. The minimum atomic E-state index is -3.60. The molecule has 0 atom stereocenters. The van der Waals surface area contributed by atoms with Crippen LogP contribution in [-0.2, 0) is 15.8 Å². The molecule has 0 saturated heterocycles. The lowest BCUT2D eigenvalue weighted by Crippen LogP contribution is -2.27. The van der Waals surface area contributed by atoms with E-state index in [4.69, 9.17) is 5.11 Å². The molecule has 1 aromatic carbocycles. The SMILES string of the molecule is O=[N+]([O-])c1ccccc1CS(=O)(=O)NCCSCCCO. The fraction of sp³-hybridized carbons (Fsp3) is 0.500. The van der Waals surface area contributed by atoms with E-state index in [-0.39, 0.29) is 24.4 Å². The molecule has 0 heterocycles. The quantitative estimate of drug-likeness (QED) is 0.377. The van der Waals surface area contributed by atoms with Gasteiger partial charge < -0.3 is 5.11 Å². The van der Waals surface area contributed by atoms with E-state index in [2.05, 4.69) is 4.72 Å². The van der Waals surface area contributed by atoms with E-state index in [1.54, 1.807) is 6.07 Å². The van der Waals surface area contributed by atoms with Gasteiger partial charge in [-0.3, -0.25) is 10.1 Å². The minimum Gasteiger partial charge on any atom is -0.396 e. The van der Waals surface area contributed by atoms with Crippen molar-refractivity contribution in [2.24, 2.45) is 0 Å². The lowest BCUT2D eigenvalue weighted by atomic mass is 10.2. The molecule has 1 rings (SSSR count). The second-order valence-electron chi connectivity index (χ2n) is 4.23. The number of nitro groups is 1. The van der Waals surface area contributed by atoms with Crippen molar-refractivity contribution in [3.05, 3.63) is 39.9 Å². The number of aliphatic hydroxyl groups excluding tert-OH is 1. The van der Waals surface area contributed by atoms with Crippen LogP contribution >= 0.6 is 11.8 Å². The average Bonchev–Trinajstić information content (AvgIpc) is 2.42. The number of aliphatic hydroxyl groups is 1. The number of hydrogen-bond acceptors (Lipinski definition) is 6. The Kier molecular flexibility index (Phi) is 7.65. The zero-order valence-electron chi connectivity index (χ0n) is 11.4. The molecule has 0 aliphatic rings. The van der Waals surface area contributed by atoms with Gasteiger partial charge in [0.25, 0.3) is 5.69 Å². The molecule has 0 bridgehead atoms. The van der Waals surface area contributed by atoms with Crippen molar-refractivity contribution in [2.75, 3.05) is 24.7 Å². The molecule has 0 aliphatic heterocycles. The molecule has 9 heteroatoms. The largest absolute Gasteiger partial charge is 0.396 e. The summed E-state index contributed by atoms with van der Waals surface area (Å²) in [6.45, 7) is 0.384. The van der Waals surface area contributed by atoms with Gasteiger partial charge in [0.05, 0.1) is 10.7 Å². The molecule has 118 valence electrons. The number of nitro benzene ring substituents is 1. The lowest BCUT2D eigenvalue weighted by molar-refractivity contribution is -0.385. The summed E-state index contributed by atoms with van der Waals surface area (Å²) in [6, 6.07) is 5.80. The molecule has 0 saturated carbocycles. The highest BCUT2D eigenvalue weighted by molar-refractivity contribution is 7.99. The second kappa shape index (κ2) is 8.98. The van der Waals surface area contributed by atoms with Crippen LogP contribution in [0.1, 0.15) is 12.0 Å². The number of rotatable bonds is 10. The van der Waals surface area contributed by atoms with Crippen LogP contribution in [0.5, 0.6) is 0 Å². The number of para-hydroxylation sites is 1. The number of sulfonamides is 1. The van der Waals surface area contributed by atoms with E-state index in [0.717, 1.165) is 5.75 Å². The van der Waals surface area contributed by atoms with E-state index in [1.165, 1.54) is 30.0 Å². The maximum Gasteiger partial charge on any atom is 0.273 e. The average molecular weight is 334 g/mol. The van der Waals surface area contributed by atoms with Crippen molar-refractivity contribution >= 4 is 27.5 Å². The van der Waals surface area contributed by atoms with E-state index in [9.17, 15) is 18.5 Å². The topological polar surface area (TPSA) is 110 Å². The van der Waals surface area contributed by atoms with Crippen LogP contribution in [0.2, 0.25) is 0 Å². The summed E-state index contributed by atoms with van der Waals surface area (Å²) in [5.41, 5.74) is -0.0249. The molecule has 1 aromatic rings. The first-order chi connectivity index (χ1) is 9.96. The first kappa shape index (κ1) is 17.9. The molecular formula is C12H18N2O5S2. The van der Waals surface area contributed by atoms with Crippen molar-refractivity contribution in [1.29, 1.82) is 0 Å². The van der Waals surface area contributed by atoms with Gasteiger partial charge in [-0.1, -0.05) is 18.2 Å². The Hall–Kier alpha value is -1.16. The van der Waals surface area contributed by atoms with E-state index >= 15 is 0 Å². The fourth-order valence-corrected chi connectivity index (χ4v) is 3.69. The summed E-state index contributed by atoms with van der Waals surface area (Å²) >= 11 is 1.54. The van der Waals surface area contributed by atoms with Crippen LogP contribution in [0.3, 0.4) is 0 Å². The van der Waals surface area contributed by atoms with Crippen LogP contribution < -0.4 is 4.72 Å². The highest BCUT2D eigenvalue weighted by Crippen LogP contribution is 2.19. The Balaban J connectivity index is 2.51. The van der Waals surface area contributed by atoms with Gasteiger partial charge in [0.2, 0.25) is 10.0 Å². The first-order valence-electron chi connectivity index (χ1n) is 6.34. The summed E-state index contributed by atoms with van der Waals surface area (Å²) in [5.74, 6) is 0.948. The minimum absolute atomic E-state index is 0.121. The number of hydrogen-bond donors (Lipinski definition) is 2. The molecule has 0 amide bonds. The van der Waals surface area contributed by atoms with Crippen molar-refractivity contribution in [3.8, 4) is 0 Å². The molecule has 21 heavy (non-hydrogen) atoms. The summed E-state index contributed by atoms with van der Waals surface area (Å²) in [7, 11) is -3.60. The predicted molar refractivity (Wildman–Crippen MR) is 82.8 cm³/mol. The smallest absolute Gasteiger partial charge is 0.273 e. The summed E-state index contributed by atoms with van der Waals surface area (Å²) in [5, 5.41) is 19.4. The summed E-state index contributed by atoms with van der Waals surface area (Å²) in [6.07, 6.45) is 0.674. The highest BCUT2D eigenvalue weighted by atomic mass is 32.2. The van der Waals surface area contributed by atoms with E-state index in [1.807, 2.05) is 0 Å². The van der Waals surface area contributed by atoms with Gasteiger partial charge in [0, 0.05) is 30.5 Å². The predicted octanol–water partition coefficient (Wildman–Crippen LogP) is 1.13. The molecule has 0 spiro atoms. The van der Waals surface area contributed by atoms with Crippen molar-refractivity contribution in [2.45, 2.75) is 12.2 Å². The van der Waals surface area contributed by atoms with Crippen molar-refractivity contribution in [3.63, 3.8) is 0 Å². The zero-order valence-corrected chi connectivity index (χ0v) is 13.0. The Labute approximate surface area is 128 Å². The Morgan fingerprint density at radius 2 is 2.00 bits per heavy atom. The van der Waals surface area contributed by atoms with Crippen LogP contribution in [0.15, 0.2) is 24.3 Å². The van der Waals surface area contributed by atoms with Gasteiger partial charge in [-0.15, -0.1) is 0 Å². The van der Waals surface area contributed by atoms with Crippen LogP contribution in [-0.4, -0.2) is 43.1 Å².